The van der Waals surface area contributed by atoms with Crippen molar-refractivity contribution in [2.24, 2.45) is 0 Å². The first kappa shape index (κ1) is 48.4. The van der Waals surface area contributed by atoms with Gasteiger partial charge in [-0.2, -0.15) is 0 Å². The summed E-state index contributed by atoms with van der Waals surface area (Å²) in [5.74, 6) is 0.466. The van der Waals surface area contributed by atoms with Crippen molar-refractivity contribution in [2.45, 2.75) is 84.0 Å². The maximum absolute atomic E-state index is 13.1. The topological polar surface area (TPSA) is 134 Å². The van der Waals surface area contributed by atoms with Gasteiger partial charge in [0.05, 0.1) is 17.3 Å². The number of rotatable bonds is 20. The number of nitrogens with one attached hydrogen (secondary N) is 4. The van der Waals surface area contributed by atoms with Crippen molar-refractivity contribution >= 4 is 36.9 Å². The van der Waals surface area contributed by atoms with E-state index in [4.69, 9.17) is 13.9 Å². The Bertz CT molecular complexity index is 2560. The number of H-pyrrole nitrogens is 1. The highest BCUT2D eigenvalue weighted by molar-refractivity contribution is 6.74. The van der Waals surface area contributed by atoms with Crippen LogP contribution in [-0.2, 0) is 22.3 Å². The zero-order valence-corrected chi connectivity index (χ0v) is 40.1. The van der Waals surface area contributed by atoms with E-state index in [9.17, 15) is 14.4 Å². The quantitative estimate of drug-likeness (QED) is 0.0557. The molecule has 6 rings (SSSR count). The van der Waals surface area contributed by atoms with Gasteiger partial charge in [0.15, 0.2) is 8.32 Å². The first-order chi connectivity index (χ1) is 31.0. The highest BCUT2D eigenvalue weighted by Gasteiger charge is 2.40. The molecule has 0 radical (unpaired) electrons. The molecule has 0 unspecified atom stereocenters. The molecule has 65 heavy (non-hydrogen) atoms. The molecule has 0 saturated heterocycles. The van der Waals surface area contributed by atoms with Crippen LogP contribution in [0.25, 0.3) is 22.0 Å². The van der Waals surface area contributed by atoms with E-state index in [-0.39, 0.29) is 22.6 Å². The number of benzene rings is 5. The van der Waals surface area contributed by atoms with Gasteiger partial charge in [0.25, 0.3) is 5.91 Å². The van der Waals surface area contributed by atoms with Crippen LogP contribution in [0.2, 0.25) is 18.1 Å². The third kappa shape index (κ3) is 13.7. The van der Waals surface area contributed by atoms with Gasteiger partial charge in [-0.25, -0.2) is 4.79 Å². The van der Waals surface area contributed by atoms with Gasteiger partial charge in [0, 0.05) is 55.3 Å². The lowest BCUT2D eigenvalue weighted by Gasteiger charge is -2.39. The molecule has 0 bridgehead atoms. The number of anilines is 1. The second-order valence-electron chi connectivity index (χ2n) is 18.7. The molecule has 0 saturated carbocycles. The first-order valence-electron chi connectivity index (χ1n) is 22.4. The monoisotopic (exact) mass is 895 g/mol. The maximum Gasteiger partial charge on any atom is 0.412 e. The fourth-order valence-corrected chi connectivity index (χ4v) is 8.46. The highest BCUT2D eigenvalue weighted by Crippen LogP contribution is 2.41. The second-order valence-corrected chi connectivity index (χ2v) is 23.5. The predicted molar refractivity (Wildman–Crippen MR) is 265 cm³/mol. The first-order valence-corrected chi connectivity index (χ1v) is 25.3. The molecule has 11 nitrogen and oxygen atoms in total. The smallest absolute Gasteiger partial charge is 0.412 e. The SMILES string of the molecule is CN(CCNC(=O)c1ccc(CNC[C@H](O[Si](C)(C)C(C)(C)C)c2ccc(OCc3ccccc3)c3[nH]c(=O)ccc23)cc1)CCC(C)(C)OC(=O)Nc1ccccc1-c1ccccc1. The Hall–Kier alpha value is -6.05. The van der Waals surface area contributed by atoms with Gasteiger partial charge < -0.3 is 34.4 Å². The Balaban J connectivity index is 0.990. The molecule has 0 spiro atoms. The van der Waals surface area contributed by atoms with Crippen LogP contribution in [0, 0.1) is 0 Å². The van der Waals surface area contributed by atoms with Crippen LogP contribution in [0.5, 0.6) is 5.75 Å². The fraction of sp³-hybridized carbons (Fsp3) is 0.340. The summed E-state index contributed by atoms with van der Waals surface area (Å²) in [6, 6.07) is 42.5. The van der Waals surface area contributed by atoms with Crippen LogP contribution in [0.4, 0.5) is 10.5 Å². The van der Waals surface area contributed by atoms with Crippen molar-refractivity contribution in [3.05, 3.63) is 166 Å². The van der Waals surface area contributed by atoms with Crippen LogP contribution < -0.4 is 26.2 Å². The van der Waals surface area contributed by atoms with Crippen molar-refractivity contribution in [3.63, 3.8) is 0 Å². The van der Waals surface area contributed by atoms with E-state index in [1.165, 1.54) is 0 Å². The van der Waals surface area contributed by atoms with Crippen LogP contribution in [0.3, 0.4) is 0 Å². The number of pyridine rings is 1. The summed E-state index contributed by atoms with van der Waals surface area (Å²) in [6.07, 6.45) is -0.199. The molecular weight excluding hydrogens is 831 g/mol. The van der Waals surface area contributed by atoms with E-state index >= 15 is 0 Å². The Morgan fingerprint density at radius 1 is 0.769 bits per heavy atom. The Morgan fingerprint density at radius 3 is 2.15 bits per heavy atom. The molecule has 2 amide bonds. The summed E-state index contributed by atoms with van der Waals surface area (Å²) >= 11 is 0. The number of amides is 2. The minimum Gasteiger partial charge on any atom is -0.487 e. The number of nitrogens with zero attached hydrogens (tertiary/aromatic N) is 1. The molecule has 1 heterocycles. The molecule has 0 aliphatic rings. The molecule has 1 aromatic heterocycles. The summed E-state index contributed by atoms with van der Waals surface area (Å²) < 4.78 is 19.2. The number of ether oxygens (including phenoxy) is 2. The number of para-hydroxylation sites is 1. The van der Waals surface area contributed by atoms with Crippen molar-refractivity contribution in [1.29, 1.82) is 0 Å². The van der Waals surface area contributed by atoms with Crippen LogP contribution >= 0.6 is 0 Å². The number of carbonyl (C=O) groups is 2. The average Bonchev–Trinajstić information content (AvgIpc) is 3.27. The molecule has 6 aromatic rings. The molecule has 342 valence electrons. The largest absolute Gasteiger partial charge is 0.487 e. The van der Waals surface area contributed by atoms with E-state index in [1.807, 2.05) is 142 Å². The number of carbonyl (C=O) groups excluding carboxylic acids is 2. The van der Waals surface area contributed by atoms with Crippen LogP contribution in [0.15, 0.2) is 138 Å². The Labute approximate surface area is 385 Å². The minimum atomic E-state index is -2.24. The number of fused-ring (bicyclic) bond motifs is 1. The van der Waals surface area contributed by atoms with E-state index in [2.05, 4.69) is 65.8 Å². The number of hydrogen-bond donors (Lipinski definition) is 4. The van der Waals surface area contributed by atoms with Crippen LogP contribution in [-0.4, -0.2) is 69.0 Å². The molecular formula is C53H65N5O6Si. The predicted octanol–water partition coefficient (Wildman–Crippen LogP) is 10.7. The van der Waals surface area contributed by atoms with E-state index < -0.39 is 20.0 Å². The molecule has 4 N–H and O–H groups in total. The minimum absolute atomic E-state index is 0.0251. The zero-order chi connectivity index (χ0) is 46.6. The van der Waals surface area contributed by atoms with Gasteiger partial charge in [0.1, 0.15) is 18.0 Å². The molecule has 1 atom stereocenters. The maximum atomic E-state index is 13.1. The van der Waals surface area contributed by atoms with Gasteiger partial charge in [0.2, 0.25) is 5.56 Å². The van der Waals surface area contributed by atoms with E-state index in [1.54, 1.807) is 6.07 Å². The Kier molecular flexibility index (Phi) is 16.2. The fourth-order valence-electron chi connectivity index (χ4n) is 7.19. The third-order valence-corrected chi connectivity index (χ3v) is 16.6. The van der Waals surface area contributed by atoms with Crippen molar-refractivity contribution in [1.82, 2.24) is 20.5 Å². The lowest BCUT2D eigenvalue weighted by atomic mass is 10.0. The molecule has 0 aliphatic heterocycles. The van der Waals surface area contributed by atoms with Crippen molar-refractivity contribution < 1.29 is 23.5 Å². The lowest BCUT2D eigenvalue weighted by molar-refractivity contribution is 0.0358. The highest BCUT2D eigenvalue weighted by atomic mass is 28.4. The number of aromatic amines is 1. The van der Waals surface area contributed by atoms with Crippen LogP contribution in [0.1, 0.15) is 74.2 Å². The molecule has 12 heteroatoms. The van der Waals surface area contributed by atoms with Crippen molar-refractivity contribution in [2.75, 3.05) is 38.5 Å². The van der Waals surface area contributed by atoms with Crippen molar-refractivity contribution in [3.8, 4) is 16.9 Å². The zero-order valence-electron chi connectivity index (χ0n) is 39.1. The summed E-state index contributed by atoms with van der Waals surface area (Å²) in [6.45, 7) is 18.2. The number of hydrogen-bond acceptors (Lipinski definition) is 8. The summed E-state index contributed by atoms with van der Waals surface area (Å²) in [7, 11) is -0.255. The van der Waals surface area contributed by atoms with Gasteiger partial charge in [-0.15, -0.1) is 0 Å². The second kappa shape index (κ2) is 21.8. The standard InChI is InChI=1S/C53H65N5O6Si/c1-52(2,3)65(7,8)64-47(43-27-29-46(49-44(43)28-30-48(59)57-49)62-37-39-17-11-9-12-18-39)36-54-35-38-23-25-41(26-24-38)50(60)55-32-34-58(6)33-31-53(4,5)63-51(61)56-45-22-16-15-21-42(45)40-19-13-10-14-20-40/h9-30,47,54H,31-37H2,1-8H3,(H,55,60)(H,56,61)(H,57,59)/t47-/m0/s1. The van der Waals surface area contributed by atoms with Gasteiger partial charge in [-0.05, 0) is 98.0 Å². The van der Waals surface area contributed by atoms with Gasteiger partial charge >= 0.3 is 6.09 Å². The summed E-state index contributed by atoms with van der Waals surface area (Å²) in [5, 5.41) is 10.4. The molecule has 5 aromatic carbocycles. The van der Waals surface area contributed by atoms with Gasteiger partial charge in [-0.1, -0.05) is 118 Å². The summed E-state index contributed by atoms with van der Waals surface area (Å²) in [4.78, 5) is 43.8. The van der Waals surface area contributed by atoms with Gasteiger partial charge in [-0.3, -0.25) is 14.9 Å². The number of likely N-dealkylation sites (N-methyl/N-ethyl adjacent to an activating group) is 1. The Morgan fingerprint density at radius 2 is 1.45 bits per heavy atom. The third-order valence-electron chi connectivity index (χ3n) is 12.1. The molecule has 0 fully saturated rings. The lowest BCUT2D eigenvalue weighted by Crippen LogP contribution is -2.43. The number of aromatic nitrogens is 1. The van der Waals surface area contributed by atoms with E-state index in [0.29, 0.717) is 68.3 Å². The normalized spacial score (nSPS) is 12.5. The van der Waals surface area contributed by atoms with E-state index in [0.717, 1.165) is 33.2 Å². The summed E-state index contributed by atoms with van der Waals surface area (Å²) in [5.41, 5.74) is 5.98. The molecule has 0 aliphatic carbocycles. The average molecular weight is 896 g/mol.